The van der Waals surface area contributed by atoms with Crippen LogP contribution in [0, 0.1) is 5.92 Å². The Balaban J connectivity index is 1.43. The van der Waals surface area contributed by atoms with Crippen molar-refractivity contribution in [3.63, 3.8) is 0 Å². The van der Waals surface area contributed by atoms with E-state index in [9.17, 15) is 4.79 Å². The van der Waals surface area contributed by atoms with Crippen LogP contribution in [-0.2, 0) is 4.79 Å². The monoisotopic (exact) mass is 332 g/mol. The van der Waals surface area contributed by atoms with E-state index in [1.165, 1.54) is 31.2 Å². The Labute approximate surface area is 143 Å². The summed E-state index contributed by atoms with van der Waals surface area (Å²) >= 11 is 6.13. The van der Waals surface area contributed by atoms with Gasteiger partial charge >= 0.3 is 0 Å². The number of rotatable bonds is 3. The molecule has 1 N–H and O–H groups in total. The van der Waals surface area contributed by atoms with Crippen LogP contribution >= 0.6 is 11.6 Å². The summed E-state index contributed by atoms with van der Waals surface area (Å²) in [6, 6.07) is 9.55. The minimum atomic E-state index is 0.222. The molecule has 1 aromatic carbocycles. The summed E-state index contributed by atoms with van der Waals surface area (Å²) in [5, 5.41) is 4.43. The van der Waals surface area contributed by atoms with Crippen molar-refractivity contribution < 1.29 is 4.79 Å². The molecule has 23 heavy (non-hydrogen) atoms. The number of benzene rings is 1. The molecule has 0 spiro atoms. The molecule has 3 aliphatic rings. The standard InChI is InChI=1S/C19H25ClN2O/c20-15-4-1-3-14(12-15)18-5-2-8-22(18)19(23)11-13-9-16-6-7-17(10-13)21-16/h1,3-4,12-13,16-18,21H,2,5-11H2. The molecular formula is C19H25ClN2O. The Morgan fingerprint density at radius 1 is 1.22 bits per heavy atom. The number of hydrogen-bond acceptors (Lipinski definition) is 2. The summed E-state index contributed by atoms with van der Waals surface area (Å²) < 4.78 is 0. The minimum Gasteiger partial charge on any atom is -0.336 e. The Morgan fingerprint density at radius 2 is 2.00 bits per heavy atom. The van der Waals surface area contributed by atoms with E-state index >= 15 is 0 Å². The molecule has 0 radical (unpaired) electrons. The van der Waals surface area contributed by atoms with Gasteiger partial charge in [0.15, 0.2) is 0 Å². The molecule has 3 aliphatic heterocycles. The first-order chi connectivity index (χ1) is 11.2. The van der Waals surface area contributed by atoms with Crippen LogP contribution in [0.25, 0.3) is 0 Å². The molecule has 4 rings (SSSR count). The highest BCUT2D eigenvalue weighted by Crippen LogP contribution is 2.37. The maximum absolute atomic E-state index is 12.9. The first-order valence-electron chi connectivity index (χ1n) is 9.00. The lowest BCUT2D eigenvalue weighted by molar-refractivity contribution is -0.133. The van der Waals surface area contributed by atoms with Crippen molar-refractivity contribution in [2.45, 2.75) is 63.1 Å². The molecule has 3 heterocycles. The van der Waals surface area contributed by atoms with Crippen LogP contribution in [0.2, 0.25) is 5.02 Å². The van der Waals surface area contributed by atoms with Gasteiger partial charge in [-0.15, -0.1) is 0 Å². The zero-order chi connectivity index (χ0) is 15.8. The molecule has 0 saturated carbocycles. The van der Waals surface area contributed by atoms with E-state index in [4.69, 9.17) is 11.6 Å². The van der Waals surface area contributed by atoms with Crippen LogP contribution in [0.4, 0.5) is 0 Å². The molecule has 3 fully saturated rings. The third-order valence-corrected chi connectivity index (χ3v) is 6.08. The predicted molar refractivity (Wildman–Crippen MR) is 92.4 cm³/mol. The normalized spacial score (nSPS) is 33.2. The van der Waals surface area contributed by atoms with Gasteiger partial charge in [0.2, 0.25) is 5.91 Å². The molecule has 3 atom stereocenters. The minimum absolute atomic E-state index is 0.222. The second-order valence-corrected chi connectivity index (χ2v) is 7.92. The fourth-order valence-electron chi connectivity index (χ4n) is 4.83. The van der Waals surface area contributed by atoms with E-state index in [0.717, 1.165) is 30.8 Å². The van der Waals surface area contributed by atoms with Gasteiger partial charge in [0.25, 0.3) is 0 Å². The van der Waals surface area contributed by atoms with Crippen molar-refractivity contribution in [1.82, 2.24) is 10.2 Å². The van der Waals surface area contributed by atoms with Crippen LogP contribution < -0.4 is 5.32 Å². The Morgan fingerprint density at radius 3 is 2.74 bits per heavy atom. The fourth-order valence-corrected chi connectivity index (χ4v) is 5.03. The summed E-state index contributed by atoms with van der Waals surface area (Å²) in [7, 11) is 0. The van der Waals surface area contributed by atoms with Gasteiger partial charge in [-0.1, -0.05) is 23.7 Å². The van der Waals surface area contributed by atoms with Crippen LogP contribution in [0.3, 0.4) is 0 Å². The number of piperidine rings is 1. The van der Waals surface area contributed by atoms with E-state index in [-0.39, 0.29) is 6.04 Å². The van der Waals surface area contributed by atoms with Crippen LogP contribution in [0.5, 0.6) is 0 Å². The van der Waals surface area contributed by atoms with Crippen LogP contribution in [-0.4, -0.2) is 29.4 Å². The summed E-state index contributed by atoms with van der Waals surface area (Å²) in [5.41, 5.74) is 1.19. The second-order valence-electron chi connectivity index (χ2n) is 7.48. The average Bonchev–Trinajstić information content (AvgIpc) is 3.14. The van der Waals surface area contributed by atoms with Crippen LogP contribution in [0.1, 0.15) is 56.6 Å². The number of fused-ring (bicyclic) bond motifs is 2. The maximum atomic E-state index is 12.9. The fraction of sp³-hybridized carbons (Fsp3) is 0.632. The molecule has 0 aliphatic carbocycles. The second kappa shape index (κ2) is 6.45. The summed E-state index contributed by atoms with van der Waals surface area (Å²) in [5.74, 6) is 0.917. The van der Waals surface area contributed by atoms with Gasteiger partial charge in [-0.25, -0.2) is 0 Å². The molecule has 124 valence electrons. The number of amides is 1. The topological polar surface area (TPSA) is 32.3 Å². The van der Waals surface area contributed by atoms with Crippen molar-refractivity contribution >= 4 is 17.5 Å². The first kappa shape index (κ1) is 15.5. The van der Waals surface area contributed by atoms with Gasteiger partial charge in [-0.2, -0.15) is 0 Å². The predicted octanol–water partition coefficient (Wildman–Crippen LogP) is 3.92. The third-order valence-electron chi connectivity index (χ3n) is 5.84. The Hall–Kier alpha value is -1.06. The number of carbonyl (C=O) groups excluding carboxylic acids is 1. The number of nitrogens with zero attached hydrogens (tertiary/aromatic N) is 1. The van der Waals surface area contributed by atoms with Gasteiger partial charge in [0.1, 0.15) is 0 Å². The van der Waals surface area contributed by atoms with Gasteiger partial charge in [-0.3, -0.25) is 4.79 Å². The summed E-state index contributed by atoms with van der Waals surface area (Å²) in [6.07, 6.45) is 7.83. The summed E-state index contributed by atoms with van der Waals surface area (Å²) in [4.78, 5) is 15.0. The lowest BCUT2D eigenvalue weighted by Gasteiger charge is -2.31. The van der Waals surface area contributed by atoms with E-state index in [0.29, 0.717) is 23.9 Å². The van der Waals surface area contributed by atoms with Gasteiger partial charge in [0, 0.05) is 30.1 Å². The molecule has 2 bridgehead atoms. The molecule has 4 heteroatoms. The highest BCUT2D eigenvalue weighted by atomic mass is 35.5. The first-order valence-corrected chi connectivity index (χ1v) is 9.38. The van der Waals surface area contributed by atoms with Crippen molar-refractivity contribution in [3.8, 4) is 0 Å². The zero-order valence-electron chi connectivity index (χ0n) is 13.5. The van der Waals surface area contributed by atoms with Gasteiger partial charge < -0.3 is 10.2 Å². The quantitative estimate of drug-likeness (QED) is 0.909. The molecular weight excluding hydrogens is 308 g/mol. The maximum Gasteiger partial charge on any atom is 0.223 e. The Kier molecular flexibility index (Phi) is 4.33. The SMILES string of the molecule is O=C(CC1CC2CCC(C1)N2)N1CCCC1c1cccc(Cl)c1. The van der Waals surface area contributed by atoms with Crippen molar-refractivity contribution in [1.29, 1.82) is 0 Å². The van der Waals surface area contributed by atoms with Gasteiger partial charge in [0.05, 0.1) is 6.04 Å². The number of halogens is 1. The zero-order valence-corrected chi connectivity index (χ0v) is 14.3. The van der Waals surface area contributed by atoms with E-state index in [1.807, 2.05) is 18.2 Å². The van der Waals surface area contributed by atoms with Crippen molar-refractivity contribution in [2.24, 2.45) is 5.92 Å². The lowest BCUT2D eigenvalue weighted by atomic mass is 9.89. The van der Waals surface area contributed by atoms with Gasteiger partial charge in [-0.05, 0) is 62.1 Å². The number of hydrogen-bond donors (Lipinski definition) is 1. The smallest absolute Gasteiger partial charge is 0.223 e. The van der Waals surface area contributed by atoms with E-state index < -0.39 is 0 Å². The van der Waals surface area contributed by atoms with Crippen molar-refractivity contribution in [3.05, 3.63) is 34.9 Å². The highest BCUT2D eigenvalue weighted by molar-refractivity contribution is 6.30. The lowest BCUT2D eigenvalue weighted by Crippen LogP contribution is -2.40. The number of nitrogens with one attached hydrogen (secondary N) is 1. The third kappa shape index (κ3) is 3.27. The summed E-state index contributed by atoms with van der Waals surface area (Å²) in [6.45, 7) is 0.897. The molecule has 3 saturated heterocycles. The molecule has 3 nitrogen and oxygen atoms in total. The molecule has 1 aromatic rings. The molecule has 1 amide bonds. The van der Waals surface area contributed by atoms with E-state index in [1.54, 1.807) is 0 Å². The van der Waals surface area contributed by atoms with Crippen LogP contribution in [0.15, 0.2) is 24.3 Å². The average molecular weight is 333 g/mol. The van der Waals surface area contributed by atoms with E-state index in [2.05, 4.69) is 16.3 Å². The largest absolute Gasteiger partial charge is 0.336 e. The number of likely N-dealkylation sites (tertiary alicyclic amines) is 1. The highest BCUT2D eigenvalue weighted by Gasteiger charge is 2.36. The Bertz CT molecular complexity index is 578. The molecule has 3 unspecified atom stereocenters. The number of carbonyl (C=O) groups is 1. The molecule has 0 aromatic heterocycles. The van der Waals surface area contributed by atoms with Crippen molar-refractivity contribution in [2.75, 3.05) is 6.54 Å².